The molecule has 4 rings (SSSR count). The highest BCUT2D eigenvalue weighted by atomic mass is 16.7. The third kappa shape index (κ3) is 3.16. The fraction of sp³-hybridized carbons (Fsp3) is 0.167. The number of benzene rings is 2. The van der Waals surface area contributed by atoms with Gasteiger partial charge in [0.2, 0.25) is 12.7 Å². The van der Waals surface area contributed by atoms with Gasteiger partial charge in [0.15, 0.2) is 11.5 Å². The van der Waals surface area contributed by atoms with E-state index in [0.29, 0.717) is 35.0 Å². The normalized spacial score (nSPS) is 12.0. The Bertz CT molecular complexity index is 936. The molecule has 1 N–H and O–H groups in total. The molecule has 8 heteroatoms. The number of hydrogen-bond donors (Lipinski definition) is 1. The molecule has 0 bridgehead atoms. The van der Waals surface area contributed by atoms with Crippen molar-refractivity contribution in [3.05, 3.63) is 48.0 Å². The summed E-state index contributed by atoms with van der Waals surface area (Å²) in [4.78, 5) is 12.3. The minimum absolute atomic E-state index is 0.0107. The van der Waals surface area contributed by atoms with Crippen LogP contribution in [-0.4, -0.2) is 29.5 Å². The summed E-state index contributed by atoms with van der Waals surface area (Å²) in [6.07, 6.45) is 0. The van der Waals surface area contributed by atoms with E-state index in [0.717, 1.165) is 0 Å². The fourth-order valence-corrected chi connectivity index (χ4v) is 2.46. The quantitative estimate of drug-likeness (QED) is 0.753. The predicted molar refractivity (Wildman–Crippen MR) is 91.4 cm³/mol. The van der Waals surface area contributed by atoms with E-state index < -0.39 is 0 Å². The number of nitrogens with zero attached hydrogens (tertiary/aromatic N) is 2. The highest BCUT2D eigenvalue weighted by Gasteiger charge is 2.17. The van der Waals surface area contributed by atoms with Crippen LogP contribution in [0, 0.1) is 0 Å². The largest absolute Gasteiger partial charge is 0.494 e. The van der Waals surface area contributed by atoms with Crippen LogP contribution in [0.3, 0.4) is 0 Å². The van der Waals surface area contributed by atoms with Crippen LogP contribution in [0.4, 0.5) is 6.01 Å². The van der Waals surface area contributed by atoms with Gasteiger partial charge in [0.25, 0.3) is 5.91 Å². The maximum atomic E-state index is 12.3. The highest BCUT2D eigenvalue weighted by molar-refractivity contribution is 6.03. The van der Waals surface area contributed by atoms with Gasteiger partial charge in [-0.2, -0.15) is 0 Å². The maximum Gasteiger partial charge on any atom is 0.322 e. The molecule has 0 fully saturated rings. The van der Waals surface area contributed by atoms with E-state index in [-0.39, 0.29) is 24.6 Å². The lowest BCUT2D eigenvalue weighted by molar-refractivity contribution is 0.102. The van der Waals surface area contributed by atoms with Crippen molar-refractivity contribution in [1.29, 1.82) is 0 Å². The third-order valence-corrected chi connectivity index (χ3v) is 3.69. The van der Waals surface area contributed by atoms with Crippen molar-refractivity contribution < 1.29 is 23.4 Å². The van der Waals surface area contributed by atoms with Crippen LogP contribution in [0.1, 0.15) is 17.3 Å². The Balaban J connectivity index is 1.47. The summed E-state index contributed by atoms with van der Waals surface area (Å²) in [7, 11) is 0. The first-order valence-electron chi connectivity index (χ1n) is 8.00. The van der Waals surface area contributed by atoms with E-state index in [4.69, 9.17) is 18.6 Å². The minimum atomic E-state index is -0.353. The van der Waals surface area contributed by atoms with Gasteiger partial charge in [0.05, 0.1) is 6.61 Å². The molecule has 0 atom stereocenters. The molecule has 1 aromatic heterocycles. The van der Waals surface area contributed by atoms with E-state index >= 15 is 0 Å². The summed E-state index contributed by atoms with van der Waals surface area (Å²) in [5.41, 5.74) is 1.12. The van der Waals surface area contributed by atoms with Crippen molar-refractivity contribution in [1.82, 2.24) is 10.2 Å². The van der Waals surface area contributed by atoms with Crippen molar-refractivity contribution in [3.8, 4) is 28.7 Å². The van der Waals surface area contributed by atoms with Crippen LogP contribution in [-0.2, 0) is 0 Å². The Kier molecular flexibility index (Phi) is 4.14. The lowest BCUT2D eigenvalue weighted by atomic mass is 10.2. The van der Waals surface area contributed by atoms with Crippen LogP contribution in [0.5, 0.6) is 17.2 Å². The van der Waals surface area contributed by atoms with Gasteiger partial charge in [-0.25, -0.2) is 0 Å². The van der Waals surface area contributed by atoms with Crippen LogP contribution in [0.15, 0.2) is 46.9 Å². The molecule has 3 aromatic rings. The number of fused-ring (bicyclic) bond motifs is 1. The molecule has 1 aliphatic heterocycles. The Morgan fingerprint density at radius 2 is 1.92 bits per heavy atom. The molecule has 2 heterocycles. The van der Waals surface area contributed by atoms with Crippen LogP contribution < -0.4 is 19.5 Å². The third-order valence-electron chi connectivity index (χ3n) is 3.69. The average Bonchev–Trinajstić information content (AvgIpc) is 3.31. The number of hydrogen-bond acceptors (Lipinski definition) is 7. The van der Waals surface area contributed by atoms with E-state index in [1.54, 1.807) is 42.5 Å². The smallest absolute Gasteiger partial charge is 0.322 e. The second-order valence-electron chi connectivity index (χ2n) is 5.39. The molecule has 0 spiro atoms. The van der Waals surface area contributed by atoms with Gasteiger partial charge in [0.1, 0.15) is 5.75 Å². The summed E-state index contributed by atoms with van der Waals surface area (Å²) >= 11 is 0. The van der Waals surface area contributed by atoms with Crippen LogP contribution in [0.25, 0.3) is 11.5 Å². The molecular weight excluding hydrogens is 338 g/mol. The van der Waals surface area contributed by atoms with Crippen LogP contribution in [0.2, 0.25) is 0 Å². The zero-order valence-electron chi connectivity index (χ0n) is 13.9. The van der Waals surface area contributed by atoms with Gasteiger partial charge in [0, 0.05) is 11.1 Å². The summed E-state index contributed by atoms with van der Waals surface area (Å²) in [6.45, 7) is 2.65. The Labute approximate surface area is 148 Å². The molecule has 1 amide bonds. The van der Waals surface area contributed by atoms with Crippen molar-refractivity contribution in [2.24, 2.45) is 0 Å². The molecule has 2 aromatic carbocycles. The monoisotopic (exact) mass is 353 g/mol. The molecule has 1 aliphatic rings. The number of anilines is 1. The van der Waals surface area contributed by atoms with E-state index in [1.807, 2.05) is 6.92 Å². The number of ether oxygens (including phenoxy) is 3. The molecule has 0 saturated carbocycles. The molecule has 0 radical (unpaired) electrons. The van der Waals surface area contributed by atoms with E-state index in [1.165, 1.54) is 0 Å². The van der Waals surface area contributed by atoms with Crippen molar-refractivity contribution in [3.63, 3.8) is 0 Å². The Morgan fingerprint density at radius 1 is 1.12 bits per heavy atom. The molecule has 0 aliphatic carbocycles. The fourth-order valence-electron chi connectivity index (χ4n) is 2.46. The van der Waals surface area contributed by atoms with E-state index in [9.17, 15) is 4.79 Å². The highest BCUT2D eigenvalue weighted by Crippen LogP contribution is 2.35. The van der Waals surface area contributed by atoms with Gasteiger partial charge in [-0.15, -0.1) is 5.10 Å². The van der Waals surface area contributed by atoms with Crippen molar-refractivity contribution in [2.45, 2.75) is 6.92 Å². The van der Waals surface area contributed by atoms with Crippen molar-refractivity contribution >= 4 is 11.9 Å². The first kappa shape index (κ1) is 15.9. The number of amides is 1. The molecule has 0 unspecified atom stereocenters. The minimum Gasteiger partial charge on any atom is -0.494 e. The lowest BCUT2D eigenvalue weighted by Gasteiger charge is -2.04. The lowest BCUT2D eigenvalue weighted by Crippen LogP contribution is -2.12. The standard InChI is InChI=1S/C18H15N3O5/c1-2-23-13-6-3-11(4-7-13)16(22)19-18-21-20-17(26-18)12-5-8-14-15(9-12)25-10-24-14/h3-9H,2,10H2,1H3,(H,19,21,22). The zero-order chi connectivity index (χ0) is 17.9. The van der Waals surface area contributed by atoms with Crippen LogP contribution >= 0.6 is 0 Å². The number of rotatable bonds is 5. The van der Waals surface area contributed by atoms with Gasteiger partial charge >= 0.3 is 6.01 Å². The molecule has 26 heavy (non-hydrogen) atoms. The summed E-state index contributed by atoms with van der Waals surface area (Å²) in [5, 5.41) is 10.4. The molecule has 132 valence electrons. The van der Waals surface area contributed by atoms with Crippen molar-refractivity contribution in [2.75, 3.05) is 18.7 Å². The first-order chi connectivity index (χ1) is 12.7. The number of aromatic nitrogens is 2. The maximum absolute atomic E-state index is 12.3. The molecule has 0 saturated heterocycles. The second kappa shape index (κ2) is 6.75. The van der Waals surface area contributed by atoms with Gasteiger partial charge in [-0.3, -0.25) is 10.1 Å². The molecule has 8 nitrogen and oxygen atoms in total. The Hall–Kier alpha value is -3.55. The summed E-state index contributed by atoms with van der Waals surface area (Å²) in [5.74, 6) is 1.89. The second-order valence-corrected chi connectivity index (χ2v) is 5.39. The van der Waals surface area contributed by atoms with Gasteiger partial charge in [-0.1, -0.05) is 5.10 Å². The predicted octanol–water partition coefficient (Wildman–Crippen LogP) is 3.12. The first-order valence-corrected chi connectivity index (χ1v) is 8.00. The molecular formula is C18H15N3O5. The Morgan fingerprint density at radius 3 is 2.73 bits per heavy atom. The SMILES string of the molecule is CCOc1ccc(C(=O)Nc2nnc(-c3ccc4c(c3)OCO4)o2)cc1. The number of nitrogens with one attached hydrogen (secondary N) is 1. The number of carbonyl (C=O) groups is 1. The summed E-state index contributed by atoms with van der Waals surface area (Å²) in [6, 6.07) is 12.1. The van der Waals surface area contributed by atoms with Gasteiger partial charge in [-0.05, 0) is 49.4 Å². The number of carbonyl (C=O) groups excluding carboxylic acids is 1. The average molecular weight is 353 g/mol. The van der Waals surface area contributed by atoms with Gasteiger partial charge < -0.3 is 18.6 Å². The summed E-state index contributed by atoms with van der Waals surface area (Å²) < 4.78 is 21.4. The van der Waals surface area contributed by atoms with E-state index in [2.05, 4.69) is 15.5 Å². The topological polar surface area (TPSA) is 95.7 Å². The zero-order valence-corrected chi connectivity index (χ0v) is 13.9.